The van der Waals surface area contributed by atoms with Crippen LogP contribution in [0, 0.1) is 0 Å². The Bertz CT molecular complexity index is 349. The molecule has 1 aromatic heterocycles. The van der Waals surface area contributed by atoms with Crippen molar-refractivity contribution in [2.75, 3.05) is 0 Å². The van der Waals surface area contributed by atoms with E-state index in [2.05, 4.69) is 23.4 Å². The Labute approximate surface area is 130 Å². The second-order valence-electron chi connectivity index (χ2n) is 6.11. The smallest absolute Gasteiger partial charge is 0.137 e. The lowest BCUT2D eigenvalue weighted by Crippen LogP contribution is -2.08. The van der Waals surface area contributed by atoms with E-state index in [0.29, 0.717) is 0 Å². The average Bonchev–Trinajstić information content (AvgIpc) is 2.94. The molecule has 0 aliphatic rings. The molecular formula is C18H34N2O. The molecule has 3 nitrogen and oxygen atoms in total. The predicted molar refractivity (Wildman–Crippen MR) is 89.3 cm³/mol. The van der Waals surface area contributed by atoms with Crippen molar-refractivity contribution in [2.45, 2.75) is 97.1 Å². The largest absolute Gasteiger partial charge is 0.385 e. The molecule has 1 heterocycles. The van der Waals surface area contributed by atoms with E-state index >= 15 is 0 Å². The molecule has 1 N–H and O–H groups in total. The number of aryl methyl sites for hydroxylation is 1. The van der Waals surface area contributed by atoms with E-state index in [9.17, 15) is 5.11 Å². The minimum atomic E-state index is -0.392. The summed E-state index contributed by atoms with van der Waals surface area (Å²) >= 11 is 0. The maximum atomic E-state index is 10.2. The van der Waals surface area contributed by atoms with E-state index in [1.54, 1.807) is 6.20 Å². The Balaban J connectivity index is 2.05. The number of aromatic nitrogens is 2. The van der Waals surface area contributed by atoms with Crippen LogP contribution in [0.25, 0.3) is 0 Å². The average molecular weight is 294 g/mol. The van der Waals surface area contributed by atoms with Crippen LogP contribution in [0.2, 0.25) is 0 Å². The van der Waals surface area contributed by atoms with Crippen LogP contribution in [0.3, 0.4) is 0 Å². The molecule has 122 valence electrons. The van der Waals surface area contributed by atoms with Crippen LogP contribution in [0.5, 0.6) is 0 Å². The fourth-order valence-corrected chi connectivity index (χ4v) is 2.83. The lowest BCUT2D eigenvalue weighted by Gasteiger charge is -2.12. The molecule has 0 radical (unpaired) electrons. The zero-order valence-corrected chi connectivity index (χ0v) is 14.1. The van der Waals surface area contributed by atoms with Gasteiger partial charge in [0.2, 0.25) is 0 Å². The van der Waals surface area contributed by atoms with Crippen molar-refractivity contribution in [3.05, 3.63) is 18.2 Å². The number of aliphatic hydroxyl groups is 1. The first-order chi connectivity index (χ1) is 10.3. The van der Waals surface area contributed by atoms with Crippen LogP contribution >= 0.6 is 0 Å². The number of imidazole rings is 1. The fourth-order valence-electron chi connectivity index (χ4n) is 2.83. The molecule has 0 fully saturated rings. The summed E-state index contributed by atoms with van der Waals surface area (Å²) in [6, 6.07) is 0. The van der Waals surface area contributed by atoms with Crippen molar-refractivity contribution in [1.82, 2.24) is 9.55 Å². The topological polar surface area (TPSA) is 38.1 Å². The second kappa shape index (κ2) is 11.8. The fraction of sp³-hybridized carbons (Fsp3) is 0.833. The predicted octanol–water partition coefficient (Wildman–Crippen LogP) is 5.25. The second-order valence-corrected chi connectivity index (χ2v) is 6.11. The maximum Gasteiger partial charge on any atom is 0.137 e. The zero-order chi connectivity index (χ0) is 15.3. The Morgan fingerprint density at radius 3 is 2.19 bits per heavy atom. The van der Waals surface area contributed by atoms with Gasteiger partial charge in [-0.3, -0.25) is 0 Å². The number of hydrogen-bond donors (Lipinski definition) is 1. The van der Waals surface area contributed by atoms with E-state index in [4.69, 9.17) is 0 Å². The molecule has 0 amide bonds. The van der Waals surface area contributed by atoms with Gasteiger partial charge in [0, 0.05) is 18.9 Å². The van der Waals surface area contributed by atoms with Crippen molar-refractivity contribution in [1.29, 1.82) is 0 Å². The van der Waals surface area contributed by atoms with Gasteiger partial charge >= 0.3 is 0 Å². The third-order valence-electron chi connectivity index (χ3n) is 4.09. The Hall–Kier alpha value is -0.830. The van der Waals surface area contributed by atoms with Crippen LogP contribution in [-0.2, 0) is 6.54 Å². The molecular weight excluding hydrogens is 260 g/mol. The third kappa shape index (κ3) is 7.66. The van der Waals surface area contributed by atoms with Crippen LogP contribution in [-0.4, -0.2) is 14.7 Å². The van der Waals surface area contributed by atoms with E-state index in [1.807, 2.05) is 6.20 Å². The zero-order valence-electron chi connectivity index (χ0n) is 14.1. The molecule has 21 heavy (non-hydrogen) atoms. The molecule has 1 atom stereocenters. The first-order valence-corrected chi connectivity index (χ1v) is 8.98. The van der Waals surface area contributed by atoms with Crippen LogP contribution in [0.1, 0.15) is 96.4 Å². The highest BCUT2D eigenvalue weighted by Crippen LogP contribution is 2.19. The molecule has 0 spiro atoms. The van der Waals surface area contributed by atoms with Crippen molar-refractivity contribution in [3.63, 3.8) is 0 Å². The summed E-state index contributed by atoms with van der Waals surface area (Å²) < 4.78 is 2.08. The Morgan fingerprint density at radius 2 is 1.57 bits per heavy atom. The summed E-state index contributed by atoms with van der Waals surface area (Å²) in [5, 5.41) is 10.2. The lowest BCUT2D eigenvalue weighted by molar-refractivity contribution is 0.149. The van der Waals surface area contributed by atoms with Crippen LogP contribution in [0.4, 0.5) is 0 Å². The summed E-state index contributed by atoms with van der Waals surface area (Å²) in [6.45, 7) is 5.36. The van der Waals surface area contributed by atoms with Gasteiger partial charge in [0.25, 0.3) is 0 Å². The Kier molecular flexibility index (Phi) is 10.2. The van der Waals surface area contributed by atoms with Crippen LogP contribution < -0.4 is 0 Å². The van der Waals surface area contributed by atoms with Gasteiger partial charge in [-0.2, -0.15) is 0 Å². The number of aliphatic hydroxyl groups excluding tert-OH is 1. The van der Waals surface area contributed by atoms with Gasteiger partial charge in [-0.1, -0.05) is 71.6 Å². The molecule has 1 aromatic rings. The van der Waals surface area contributed by atoms with Gasteiger partial charge in [0.1, 0.15) is 11.9 Å². The Morgan fingerprint density at radius 1 is 0.952 bits per heavy atom. The number of nitrogens with zero attached hydrogens (tertiary/aromatic N) is 2. The quantitative estimate of drug-likeness (QED) is 0.505. The molecule has 0 aromatic carbocycles. The molecule has 1 rings (SSSR count). The summed E-state index contributed by atoms with van der Waals surface area (Å²) in [6.07, 6.45) is 17.2. The van der Waals surface area contributed by atoms with E-state index < -0.39 is 6.10 Å². The van der Waals surface area contributed by atoms with Crippen molar-refractivity contribution in [3.8, 4) is 0 Å². The molecule has 1 unspecified atom stereocenters. The van der Waals surface area contributed by atoms with Crippen molar-refractivity contribution >= 4 is 0 Å². The SMILES string of the molecule is CCCCCCCCCCCC(O)c1nccn1CCC. The van der Waals surface area contributed by atoms with E-state index in [0.717, 1.165) is 31.6 Å². The van der Waals surface area contributed by atoms with E-state index in [1.165, 1.54) is 51.4 Å². The summed E-state index contributed by atoms with van der Waals surface area (Å²) in [5.41, 5.74) is 0. The number of unbranched alkanes of at least 4 members (excludes halogenated alkanes) is 8. The van der Waals surface area contributed by atoms with Crippen LogP contribution in [0.15, 0.2) is 12.4 Å². The minimum absolute atomic E-state index is 0.392. The van der Waals surface area contributed by atoms with Gasteiger partial charge in [0.05, 0.1) is 0 Å². The molecule has 0 bridgehead atoms. The van der Waals surface area contributed by atoms with Gasteiger partial charge in [0.15, 0.2) is 0 Å². The summed E-state index contributed by atoms with van der Waals surface area (Å²) in [4.78, 5) is 4.30. The standard InChI is InChI=1S/C18H34N2O/c1-3-5-6-7-8-9-10-11-12-13-17(21)18-19-14-16-20(18)15-4-2/h14,16-17,21H,3-13,15H2,1-2H3. The highest BCUT2D eigenvalue weighted by atomic mass is 16.3. The van der Waals surface area contributed by atoms with Gasteiger partial charge in [-0.15, -0.1) is 0 Å². The minimum Gasteiger partial charge on any atom is -0.385 e. The lowest BCUT2D eigenvalue weighted by atomic mass is 10.0. The first kappa shape index (κ1) is 18.2. The third-order valence-corrected chi connectivity index (χ3v) is 4.09. The highest BCUT2D eigenvalue weighted by molar-refractivity contribution is 4.96. The normalized spacial score (nSPS) is 12.7. The van der Waals surface area contributed by atoms with Crippen molar-refractivity contribution in [2.24, 2.45) is 0 Å². The molecule has 0 aliphatic carbocycles. The number of rotatable bonds is 13. The first-order valence-electron chi connectivity index (χ1n) is 8.98. The van der Waals surface area contributed by atoms with Gasteiger partial charge in [-0.25, -0.2) is 4.98 Å². The summed E-state index contributed by atoms with van der Waals surface area (Å²) in [7, 11) is 0. The molecule has 0 saturated carbocycles. The monoisotopic (exact) mass is 294 g/mol. The maximum absolute atomic E-state index is 10.2. The van der Waals surface area contributed by atoms with Crippen molar-refractivity contribution < 1.29 is 5.11 Å². The summed E-state index contributed by atoms with van der Waals surface area (Å²) in [5.74, 6) is 0.844. The molecule has 3 heteroatoms. The molecule has 0 aliphatic heterocycles. The highest BCUT2D eigenvalue weighted by Gasteiger charge is 2.12. The van der Waals surface area contributed by atoms with E-state index in [-0.39, 0.29) is 0 Å². The number of hydrogen-bond acceptors (Lipinski definition) is 2. The van der Waals surface area contributed by atoms with Gasteiger partial charge in [-0.05, 0) is 12.8 Å². The molecule has 0 saturated heterocycles. The van der Waals surface area contributed by atoms with Gasteiger partial charge < -0.3 is 9.67 Å².